The third-order valence-electron chi connectivity index (χ3n) is 5.95. The predicted octanol–water partition coefficient (Wildman–Crippen LogP) is 6.88. The van der Waals surface area contributed by atoms with Crippen LogP contribution < -0.4 is 5.32 Å². The lowest BCUT2D eigenvalue weighted by molar-refractivity contribution is -0.139. The van der Waals surface area contributed by atoms with Gasteiger partial charge < -0.3 is 10.1 Å². The molecule has 2 aromatic carbocycles. The van der Waals surface area contributed by atoms with E-state index < -0.39 is 0 Å². The van der Waals surface area contributed by atoms with E-state index in [1.165, 1.54) is 25.7 Å². The van der Waals surface area contributed by atoms with Crippen LogP contribution in [0, 0.1) is 0 Å². The summed E-state index contributed by atoms with van der Waals surface area (Å²) < 4.78 is 7.81. The molecule has 5 nitrogen and oxygen atoms in total. The molecule has 1 N–H and O–H groups in total. The Morgan fingerprint density at radius 3 is 2.69 bits per heavy atom. The number of benzene rings is 2. The summed E-state index contributed by atoms with van der Waals surface area (Å²) in [4.78, 5) is 18.0. The maximum absolute atomic E-state index is 13.3. The Balaban J connectivity index is 1.62. The summed E-state index contributed by atoms with van der Waals surface area (Å²) in [6.45, 7) is 4.55. The number of nitrogens with zero attached hydrogens (tertiary/aromatic N) is 2. The van der Waals surface area contributed by atoms with Crippen molar-refractivity contribution in [3.8, 4) is 0 Å². The van der Waals surface area contributed by atoms with Crippen LogP contribution in [-0.2, 0) is 9.53 Å². The summed E-state index contributed by atoms with van der Waals surface area (Å²) in [6, 6.07) is 15.2. The van der Waals surface area contributed by atoms with Crippen molar-refractivity contribution in [3.05, 3.63) is 70.4 Å². The first kappa shape index (κ1) is 22.4. The van der Waals surface area contributed by atoms with Crippen LogP contribution in [0.2, 0.25) is 5.02 Å². The van der Waals surface area contributed by atoms with Gasteiger partial charge in [-0.3, -0.25) is 4.57 Å². The maximum Gasteiger partial charge on any atom is 0.338 e. The van der Waals surface area contributed by atoms with Crippen molar-refractivity contribution in [2.24, 2.45) is 0 Å². The molecule has 0 saturated carbocycles. The lowest BCUT2D eigenvalue weighted by atomic mass is 9.95. The Morgan fingerprint density at radius 2 is 1.88 bits per heavy atom. The number of para-hydroxylation sites is 2. The summed E-state index contributed by atoms with van der Waals surface area (Å²) in [5.41, 5.74) is 4.10. The molecule has 3 aromatic rings. The standard InChI is InChI=1S/C26H30ClN3O2/c1-3-4-5-6-7-10-16-32-25(31)23-18(2)28-26-29-21-14-8-9-15-22(21)30(26)24(23)19-12-11-13-20(27)17-19/h8-9,11-15,17,24H,3-7,10,16H2,1-2H3,(H,28,29)/t24-/m0/s1. The van der Waals surface area contributed by atoms with Crippen LogP contribution in [0.5, 0.6) is 0 Å². The summed E-state index contributed by atoms with van der Waals surface area (Å²) in [6.07, 6.45) is 6.88. The number of allylic oxidation sites excluding steroid dienone is 1. The van der Waals surface area contributed by atoms with Crippen LogP contribution in [0.1, 0.15) is 64.0 Å². The third-order valence-corrected chi connectivity index (χ3v) is 6.18. The van der Waals surface area contributed by atoms with Gasteiger partial charge in [-0.15, -0.1) is 0 Å². The number of carbonyl (C=O) groups excluding carboxylic acids is 1. The highest BCUT2D eigenvalue weighted by atomic mass is 35.5. The largest absolute Gasteiger partial charge is 0.462 e. The van der Waals surface area contributed by atoms with Crippen molar-refractivity contribution in [2.75, 3.05) is 11.9 Å². The fraction of sp³-hybridized carbons (Fsp3) is 0.385. The number of unbranched alkanes of at least 4 members (excludes halogenated alkanes) is 5. The second-order valence-corrected chi connectivity index (χ2v) is 8.76. The van der Waals surface area contributed by atoms with Gasteiger partial charge >= 0.3 is 5.97 Å². The molecule has 1 aliphatic heterocycles. The van der Waals surface area contributed by atoms with Crippen LogP contribution in [0.3, 0.4) is 0 Å². The van der Waals surface area contributed by atoms with Gasteiger partial charge in [0.25, 0.3) is 0 Å². The molecule has 168 valence electrons. The molecule has 0 fully saturated rings. The lowest BCUT2D eigenvalue weighted by Crippen LogP contribution is -2.29. The quantitative estimate of drug-likeness (QED) is 0.284. The van der Waals surface area contributed by atoms with Gasteiger partial charge in [0.2, 0.25) is 5.95 Å². The van der Waals surface area contributed by atoms with Gasteiger partial charge in [-0.2, -0.15) is 0 Å². The van der Waals surface area contributed by atoms with E-state index in [2.05, 4.69) is 16.8 Å². The number of esters is 1. The molecule has 0 unspecified atom stereocenters. The fourth-order valence-corrected chi connectivity index (χ4v) is 4.54. The monoisotopic (exact) mass is 451 g/mol. The van der Waals surface area contributed by atoms with Crippen LogP contribution in [-0.4, -0.2) is 22.1 Å². The van der Waals surface area contributed by atoms with Gasteiger partial charge in [0.1, 0.15) is 0 Å². The molecule has 0 amide bonds. The van der Waals surface area contributed by atoms with Crippen molar-refractivity contribution >= 4 is 34.6 Å². The molecule has 32 heavy (non-hydrogen) atoms. The summed E-state index contributed by atoms with van der Waals surface area (Å²) in [5, 5.41) is 3.95. The number of halogens is 1. The smallest absolute Gasteiger partial charge is 0.338 e. The number of nitrogens with one attached hydrogen (secondary N) is 1. The number of rotatable bonds is 9. The van der Waals surface area contributed by atoms with Crippen molar-refractivity contribution in [1.29, 1.82) is 0 Å². The third kappa shape index (κ3) is 4.68. The number of hydrogen-bond donors (Lipinski definition) is 1. The fourth-order valence-electron chi connectivity index (χ4n) is 4.35. The zero-order valence-corrected chi connectivity index (χ0v) is 19.5. The second-order valence-electron chi connectivity index (χ2n) is 8.32. The molecule has 6 heteroatoms. The van der Waals surface area contributed by atoms with E-state index >= 15 is 0 Å². The number of fused-ring (bicyclic) bond motifs is 3. The van der Waals surface area contributed by atoms with Crippen LogP contribution in [0.4, 0.5) is 5.95 Å². The number of hydrogen-bond acceptors (Lipinski definition) is 4. The van der Waals surface area contributed by atoms with Gasteiger partial charge in [0.15, 0.2) is 0 Å². The van der Waals surface area contributed by atoms with E-state index in [1.54, 1.807) is 0 Å². The number of carbonyl (C=O) groups is 1. The number of aromatic nitrogens is 2. The van der Waals surface area contributed by atoms with Gasteiger partial charge in [-0.1, -0.05) is 74.9 Å². The van der Waals surface area contributed by atoms with Crippen LogP contribution >= 0.6 is 11.6 Å². The molecule has 0 aliphatic carbocycles. The topological polar surface area (TPSA) is 56.1 Å². The first-order chi connectivity index (χ1) is 15.6. The van der Waals surface area contributed by atoms with E-state index in [9.17, 15) is 4.79 Å². The molecule has 0 spiro atoms. The number of anilines is 1. The Hall–Kier alpha value is -2.79. The first-order valence-corrected chi connectivity index (χ1v) is 11.8. The van der Waals surface area contributed by atoms with Crippen LogP contribution in [0.15, 0.2) is 59.8 Å². The zero-order chi connectivity index (χ0) is 22.5. The summed E-state index contributed by atoms with van der Waals surface area (Å²) >= 11 is 6.33. The van der Waals surface area contributed by atoms with Gasteiger partial charge in [0.05, 0.1) is 29.3 Å². The molecule has 4 rings (SSSR count). The number of ether oxygens (including phenoxy) is 1. The molecule has 1 aliphatic rings. The minimum atomic E-state index is -0.366. The first-order valence-electron chi connectivity index (χ1n) is 11.5. The molecule has 1 atom stereocenters. The highest BCUT2D eigenvalue weighted by Crippen LogP contribution is 2.40. The molecule has 0 bridgehead atoms. The average molecular weight is 452 g/mol. The molecule has 2 heterocycles. The minimum Gasteiger partial charge on any atom is -0.462 e. The van der Waals surface area contributed by atoms with Crippen LogP contribution in [0.25, 0.3) is 11.0 Å². The molecular weight excluding hydrogens is 422 g/mol. The van der Waals surface area contributed by atoms with Crippen molar-refractivity contribution in [2.45, 2.75) is 58.4 Å². The molecule has 0 saturated heterocycles. The molecular formula is C26H30ClN3O2. The van der Waals surface area contributed by atoms with Crippen molar-refractivity contribution in [3.63, 3.8) is 0 Å². The summed E-state index contributed by atoms with van der Waals surface area (Å²) in [7, 11) is 0. The highest BCUT2D eigenvalue weighted by Gasteiger charge is 2.35. The Kier molecular flexibility index (Phi) is 7.15. The maximum atomic E-state index is 13.3. The van der Waals surface area contributed by atoms with E-state index in [0.717, 1.165) is 35.1 Å². The van der Waals surface area contributed by atoms with E-state index in [1.807, 2.05) is 55.5 Å². The molecule has 1 aromatic heterocycles. The van der Waals surface area contributed by atoms with Gasteiger partial charge in [0, 0.05) is 10.7 Å². The average Bonchev–Trinajstić information content (AvgIpc) is 3.15. The van der Waals surface area contributed by atoms with E-state index in [-0.39, 0.29) is 12.0 Å². The number of imidazole rings is 1. The Bertz CT molecular complexity index is 1140. The van der Waals surface area contributed by atoms with Crippen molar-refractivity contribution in [1.82, 2.24) is 9.55 Å². The minimum absolute atomic E-state index is 0.294. The Labute approximate surface area is 194 Å². The zero-order valence-electron chi connectivity index (χ0n) is 18.7. The van der Waals surface area contributed by atoms with E-state index in [4.69, 9.17) is 21.3 Å². The lowest BCUT2D eigenvalue weighted by Gasteiger charge is -2.30. The molecule has 0 radical (unpaired) electrons. The highest BCUT2D eigenvalue weighted by molar-refractivity contribution is 6.30. The normalized spacial score (nSPS) is 15.5. The van der Waals surface area contributed by atoms with Gasteiger partial charge in [-0.25, -0.2) is 9.78 Å². The SMILES string of the molecule is CCCCCCCCOC(=O)C1=C(C)Nc2nc3ccccc3n2[C@H]1c1cccc(Cl)c1. The summed E-state index contributed by atoms with van der Waals surface area (Å²) in [5.74, 6) is 0.415. The van der Waals surface area contributed by atoms with Gasteiger partial charge in [-0.05, 0) is 43.2 Å². The van der Waals surface area contributed by atoms with E-state index in [0.29, 0.717) is 23.2 Å². The van der Waals surface area contributed by atoms with Crippen molar-refractivity contribution < 1.29 is 9.53 Å². The Morgan fingerprint density at radius 1 is 1.09 bits per heavy atom. The second kappa shape index (κ2) is 10.2. The predicted molar refractivity (Wildman–Crippen MR) is 130 cm³/mol.